The van der Waals surface area contributed by atoms with Crippen LogP contribution in [0.5, 0.6) is 0 Å². The number of carbonyl (C=O) groups is 4. The summed E-state index contributed by atoms with van der Waals surface area (Å²) in [7, 11) is 0.810. The summed E-state index contributed by atoms with van der Waals surface area (Å²) in [5.74, 6) is -7.48. The summed E-state index contributed by atoms with van der Waals surface area (Å²) in [4.78, 5) is 50.7. The summed E-state index contributed by atoms with van der Waals surface area (Å²) in [6.45, 7) is -3.71. The van der Waals surface area contributed by atoms with E-state index in [1.807, 2.05) is 16.1 Å². The molecule has 0 aromatic heterocycles. The molecule has 0 bridgehead atoms. The molecule has 0 radical (unpaired) electrons. The minimum Gasteiger partial charge on any atom is -0.453 e. The van der Waals surface area contributed by atoms with Crippen molar-refractivity contribution in [1.29, 1.82) is 5.41 Å². The van der Waals surface area contributed by atoms with Gasteiger partial charge in [-0.1, -0.05) is 0 Å². The molecule has 55 heavy (non-hydrogen) atoms. The Kier molecular flexibility index (Phi) is 15.5. The third-order valence-corrected chi connectivity index (χ3v) is 8.60. The molecule has 1 aromatic rings. The first-order valence-electron chi connectivity index (χ1n) is 16.2. The van der Waals surface area contributed by atoms with Crippen LogP contribution in [0.1, 0.15) is 51.7 Å². The second kappa shape index (κ2) is 18.3. The lowest BCUT2D eigenvalue weighted by Gasteiger charge is -2.37. The largest absolute Gasteiger partial charge is 0.453 e. The van der Waals surface area contributed by atoms with Crippen LogP contribution in [0.25, 0.3) is 0 Å². The first-order valence-corrected chi connectivity index (χ1v) is 16.2. The highest BCUT2D eigenvalue weighted by Crippen LogP contribution is 2.42. The average Bonchev–Trinajstić information content (AvgIpc) is 3.90. The molecule has 3 atom stereocenters. The fourth-order valence-corrected chi connectivity index (χ4v) is 4.67. The Labute approximate surface area is 308 Å². The van der Waals surface area contributed by atoms with Gasteiger partial charge in [-0.2, -0.15) is 35.1 Å². The fourth-order valence-electron chi connectivity index (χ4n) is 4.67. The van der Waals surface area contributed by atoms with Crippen molar-refractivity contribution in [1.82, 2.24) is 31.7 Å². The van der Waals surface area contributed by atoms with Crippen molar-refractivity contribution in [2.24, 2.45) is 16.7 Å². The average molecular weight is 810 g/mol. The Morgan fingerprint density at radius 2 is 1.44 bits per heavy atom. The molecule has 0 aliphatic heterocycles. The molecule has 23 heteroatoms. The lowest BCUT2D eigenvalue weighted by atomic mass is 9.82. The minimum absolute atomic E-state index is 0.331. The van der Waals surface area contributed by atoms with Gasteiger partial charge in [0.25, 0.3) is 5.91 Å². The van der Waals surface area contributed by atoms with Crippen molar-refractivity contribution in [3.63, 3.8) is 0 Å². The highest BCUT2D eigenvalue weighted by molar-refractivity contribution is 6.06. The third-order valence-electron chi connectivity index (χ3n) is 8.60. The zero-order valence-electron chi connectivity index (χ0n) is 29.9. The van der Waals surface area contributed by atoms with Gasteiger partial charge < -0.3 is 36.5 Å². The van der Waals surface area contributed by atoms with E-state index in [1.54, 1.807) is 5.32 Å². The van der Waals surface area contributed by atoms with E-state index in [2.05, 4.69) is 4.74 Å². The molecule has 0 saturated heterocycles. The van der Waals surface area contributed by atoms with Gasteiger partial charge in [0.1, 0.15) is 23.7 Å². The van der Waals surface area contributed by atoms with E-state index in [4.69, 9.17) is 5.41 Å². The quantitative estimate of drug-likeness (QED) is 0.0506. The minimum atomic E-state index is -5.11. The number of nitrogens with one attached hydrogen (secondary N) is 6. The van der Waals surface area contributed by atoms with E-state index >= 15 is 8.78 Å². The maximum Gasteiger partial charge on any atom is 0.407 e. The second-order valence-electron chi connectivity index (χ2n) is 13.6. The predicted molar refractivity (Wildman–Crippen MR) is 173 cm³/mol. The molecule has 1 aliphatic rings. The van der Waals surface area contributed by atoms with E-state index in [0.717, 1.165) is 13.2 Å². The fraction of sp³-hybridized carbons (Fsp3) is 0.594. The Morgan fingerprint density at radius 3 is 1.89 bits per heavy atom. The Balaban J connectivity index is 2.47. The molecule has 1 aromatic carbocycles. The molecule has 0 heterocycles. The molecule has 1 saturated carbocycles. The SMILES string of the molecule is COC(=O)NC(C(=O)NC[C@@H](O)CN(Cc1c(F)cc(C(=N)/C=C\NC(F)F)cc1F)NC(=O)[C@@H](NC(=O)C1CC1)C(C)(C)C(F)(F)F)C(C)(C)C(F)(F)F. The molecular formula is C32H41F10N7O6. The number of benzene rings is 1. The van der Waals surface area contributed by atoms with Crippen LogP contribution in [-0.2, 0) is 25.7 Å². The standard InChI is InChI=1S/C32H41F10N7O6/c1-29(2,31(37,38)39)22(47-28(54)55-5)25(52)45-12-17(50)13-49(14-18-19(33)10-16(11-20(18)34)21(43)8-9-44-27(35)36)48-26(53)23(30(3,4)32(40,41)42)46-24(51)15-6-7-15/h8-11,15,17,22-23,27,43-44,50H,6-7,12-14H2,1-5H3,(H,45,52)(H,46,51)(H,47,54)(H,48,53)/b9-8-,43-21?/t17-,22?,23-/m1/s1. The zero-order valence-corrected chi connectivity index (χ0v) is 29.9. The van der Waals surface area contributed by atoms with Crippen molar-refractivity contribution in [2.75, 3.05) is 20.2 Å². The van der Waals surface area contributed by atoms with Gasteiger partial charge in [-0.3, -0.25) is 19.8 Å². The van der Waals surface area contributed by atoms with Crippen LogP contribution in [0.3, 0.4) is 0 Å². The number of hydrazine groups is 1. The van der Waals surface area contributed by atoms with Gasteiger partial charge in [0.2, 0.25) is 11.8 Å². The topological polar surface area (TPSA) is 185 Å². The van der Waals surface area contributed by atoms with Crippen LogP contribution in [0.2, 0.25) is 0 Å². The predicted octanol–water partition coefficient (Wildman–Crippen LogP) is 3.77. The summed E-state index contributed by atoms with van der Waals surface area (Å²) in [6.07, 6.45) is -11.5. The number of ether oxygens (including phenoxy) is 1. The summed E-state index contributed by atoms with van der Waals surface area (Å²) in [6, 6.07) is -3.52. The van der Waals surface area contributed by atoms with Crippen LogP contribution < -0.4 is 26.7 Å². The molecular weight excluding hydrogens is 768 g/mol. The number of hydrogen-bond donors (Lipinski definition) is 7. The van der Waals surface area contributed by atoms with Gasteiger partial charge in [-0.15, -0.1) is 0 Å². The maximum atomic E-state index is 15.3. The van der Waals surface area contributed by atoms with E-state index in [9.17, 15) is 59.4 Å². The number of methoxy groups -OCH3 is 1. The van der Waals surface area contributed by atoms with Gasteiger partial charge in [0, 0.05) is 42.9 Å². The van der Waals surface area contributed by atoms with Gasteiger partial charge in [0.15, 0.2) is 0 Å². The smallest absolute Gasteiger partial charge is 0.407 e. The normalized spacial score (nSPS) is 15.7. The summed E-state index contributed by atoms with van der Waals surface area (Å²) in [5, 5.41) is 26.4. The van der Waals surface area contributed by atoms with Crippen molar-refractivity contribution >= 4 is 29.5 Å². The molecule has 4 amide bonds. The number of alkyl carbamates (subject to hydrolysis) is 1. The first kappa shape index (κ1) is 46.5. The Morgan fingerprint density at radius 1 is 0.927 bits per heavy atom. The Bertz CT molecular complexity index is 1580. The lowest BCUT2D eigenvalue weighted by molar-refractivity contribution is -0.222. The number of nitrogens with zero attached hydrogens (tertiary/aromatic N) is 1. The van der Waals surface area contributed by atoms with Crippen molar-refractivity contribution < 1.29 is 72.9 Å². The number of rotatable bonds is 18. The summed E-state index contributed by atoms with van der Waals surface area (Å²) < 4.78 is 143. The molecule has 310 valence electrons. The summed E-state index contributed by atoms with van der Waals surface area (Å²) in [5.41, 5.74) is -5.93. The number of amides is 4. The van der Waals surface area contributed by atoms with Crippen LogP contribution in [0, 0.1) is 33.8 Å². The van der Waals surface area contributed by atoms with E-state index in [-0.39, 0.29) is 0 Å². The molecule has 1 unspecified atom stereocenters. The number of carbonyl (C=O) groups excluding carboxylic acids is 4. The number of halogens is 10. The van der Waals surface area contributed by atoms with Gasteiger partial charge in [-0.05, 0) is 58.7 Å². The highest BCUT2D eigenvalue weighted by Gasteiger charge is 2.57. The number of aliphatic hydroxyl groups excluding tert-OH is 1. The van der Waals surface area contributed by atoms with E-state index < -0.39 is 126 Å². The van der Waals surface area contributed by atoms with Gasteiger partial charge in [-0.25, -0.2) is 18.6 Å². The molecule has 7 N–H and O–H groups in total. The lowest BCUT2D eigenvalue weighted by Crippen LogP contribution is -2.62. The molecule has 13 nitrogen and oxygen atoms in total. The zero-order chi connectivity index (χ0) is 42.3. The maximum absolute atomic E-state index is 15.3. The second-order valence-corrected chi connectivity index (χ2v) is 13.6. The Hall–Kier alpha value is -4.67. The number of alkyl halides is 8. The highest BCUT2D eigenvalue weighted by atomic mass is 19.4. The molecule has 1 aliphatic carbocycles. The molecule has 2 rings (SSSR count). The molecule has 1 fully saturated rings. The number of hydrogen-bond acceptors (Lipinski definition) is 9. The van der Waals surface area contributed by atoms with E-state index in [0.29, 0.717) is 63.9 Å². The third kappa shape index (κ3) is 12.7. The van der Waals surface area contributed by atoms with E-state index in [1.165, 1.54) is 5.32 Å². The molecule has 0 spiro atoms. The van der Waals surface area contributed by atoms with Gasteiger partial charge >= 0.3 is 25.0 Å². The monoisotopic (exact) mass is 809 g/mol. The van der Waals surface area contributed by atoms with Crippen LogP contribution in [-0.4, -0.2) is 96.9 Å². The first-order chi connectivity index (χ1) is 25.1. The van der Waals surface area contributed by atoms with Crippen LogP contribution >= 0.6 is 0 Å². The van der Waals surface area contributed by atoms with Crippen LogP contribution in [0.4, 0.5) is 48.7 Å². The summed E-state index contributed by atoms with van der Waals surface area (Å²) >= 11 is 0. The number of aliphatic hydroxyl groups is 1. The van der Waals surface area contributed by atoms with Crippen molar-refractivity contribution in [2.45, 2.75) is 84.2 Å². The van der Waals surface area contributed by atoms with Crippen LogP contribution in [0.15, 0.2) is 24.4 Å². The van der Waals surface area contributed by atoms with Crippen molar-refractivity contribution in [3.05, 3.63) is 47.2 Å². The van der Waals surface area contributed by atoms with Crippen molar-refractivity contribution in [3.8, 4) is 0 Å². The van der Waals surface area contributed by atoms with Gasteiger partial charge in [0.05, 0.1) is 29.8 Å². The number of allylic oxidation sites excluding steroid dienone is 1.